The molecular weight excluding hydrogens is 164 g/mol. The number of carbonyl (C=O) groups is 1. The highest BCUT2D eigenvalue weighted by Gasteiger charge is 2.43. The highest BCUT2D eigenvalue weighted by Crippen LogP contribution is 2.48. The smallest absolute Gasteiger partial charge is 0.309 e. The van der Waals surface area contributed by atoms with Crippen LogP contribution in [0.25, 0.3) is 0 Å². The third-order valence-corrected chi connectivity index (χ3v) is 3.89. The average Bonchev–Trinajstić information content (AvgIpc) is 2.02. The first-order chi connectivity index (χ1) is 6.10. The van der Waals surface area contributed by atoms with Gasteiger partial charge in [0.15, 0.2) is 0 Å². The Kier molecular flexibility index (Phi) is 2.09. The van der Waals surface area contributed by atoms with Gasteiger partial charge in [-0.1, -0.05) is 19.3 Å². The van der Waals surface area contributed by atoms with Gasteiger partial charge in [0.1, 0.15) is 0 Å². The molecule has 2 saturated carbocycles. The lowest BCUT2D eigenvalue weighted by molar-refractivity contribution is -0.153. The Labute approximate surface area is 79.3 Å². The first kappa shape index (κ1) is 9.04. The zero-order chi connectivity index (χ0) is 9.47. The van der Waals surface area contributed by atoms with Gasteiger partial charge in [0.2, 0.25) is 0 Å². The van der Waals surface area contributed by atoms with E-state index in [0.717, 1.165) is 12.8 Å². The Morgan fingerprint density at radius 3 is 2.31 bits per heavy atom. The van der Waals surface area contributed by atoms with E-state index in [1.807, 2.05) is 6.92 Å². The molecule has 0 saturated heterocycles. The van der Waals surface area contributed by atoms with Gasteiger partial charge in [-0.2, -0.15) is 0 Å². The molecule has 0 amide bonds. The van der Waals surface area contributed by atoms with E-state index in [1.54, 1.807) is 0 Å². The molecule has 0 radical (unpaired) electrons. The van der Waals surface area contributed by atoms with Crippen LogP contribution < -0.4 is 0 Å². The summed E-state index contributed by atoms with van der Waals surface area (Å²) in [6, 6.07) is 0. The number of hydrogen-bond donors (Lipinski definition) is 1. The summed E-state index contributed by atoms with van der Waals surface area (Å²) >= 11 is 0. The third-order valence-electron chi connectivity index (χ3n) is 3.89. The molecule has 2 rings (SSSR count). The normalized spacial score (nSPS) is 44.4. The number of carboxylic acids is 1. The molecule has 13 heavy (non-hydrogen) atoms. The van der Waals surface area contributed by atoms with Crippen LogP contribution in [0.1, 0.15) is 45.4 Å². The quantitative estimate of drug-likeness (QED) is 0.677. The maximum Gasteiger partial charge on any atom is 0.309 e. The number of rotatable bonds is 1. The molecule has 0 aromatic heterocycles. The molecule has 0 spiro atoms. The second-order valence-electron chi connectivity index (χ2n) is 5.17. The van der Waals surface area contributed by atoms with E-state index in [4.69, 9.17) is 5.11 Å². The van der Waals surface area contributed by atoms with E-state index in [1.165, 1.54) is 25.7 Å². The lowest BCUT2D eigenvalue weighted by Gasteiger charge is -2.43. The summed E-state index contributed by atoms with van der Waals surface area (Å²) in [6.07, 6.45) is 6.98. The van der Waals surface area contributed by atoms with Crippen LogP contribution in [0.2, 0.25) is 0 Å². The van der Waals surface area contributed by atoms with Gasteiger partial charge in [-0.05, 0) is 38.0 Å². The number of fused-ring (bicyclic) bond motifs is 2. The first-order valence-corrected chi connectivity index (χ1v) is 5.33. The van der Waals surface area contributed by atoms with Crippen LogP contribution in [-0.4, -0.2) is 11.1 Å². The highest BCUT2D eigenvalue weighted by atomic mass is 16.4. The second-order valence-corrected chi connectivity index (χ2v) is 5.17. The topological polar surface area (TPSA) is 37.3 Å². The van der Waals surface area contributed by atoms with Crippen molar-refractivity contribution in [2.75, 3.05) is 0 Å². The van der Waals surface area contributed by atoms with Crippen LogP contribution in [0.5, 0.6) is 0 Å². The summed E-state index contributed by atoms with van der Waals surface area (Å²) in [4.78, 5) is 11.1. The van der Waals surface area contributed by atoms with E-state index in [-0.39, 0.29) is 0 Å². The number of hydrogen-bond acceptors (Lipinski definition) is 1. The van der Waals surface area contributed by atoms with Crippen LogP contribution in [0.15, 0.2) is 0 Å². The molecule has 74 valence electrons. The van der Waals surface area contributed by atoms with Gasteiger partial charge >= 0.3 is 5.97 Å². The standard InChI is InChI=1S/C11H18O2/c1-11(10(12)13)6-8-3-2-4-9(5-8)7-11/h8-9H,2-7H2,1H3,(H,12,13). The molecule has 2 fully saturated rings. The van der Waals surface area contributed by atoms with Crippen molar-refractivity contribution in [3.8, 4) is 0 Å². The summed E-state index contributed by atoms with van der Waals surface area (Å²) in [7, 11) is 0. The predicted molar refractivity (Wildman–Crippen MR) is 50.4 cm³/mol. The lowest BCUT2D eigenvalue weighted by atomic mass is 9.61. The summed E-state index contributed by atoms with van der Waals surface area (Å²) in [5.41, 5.74) is -0.409. The van der Waals surface area contributed by atoms with Gasteiger partial charge in [-0.15, -0.1) is 0 Å². The van der Waals surface area contributed by atoms with E-state index >= 15 is 0 Å². The van der Waals surface area contributed by atoms with Gasteiger partial charge in [-0.3, -0.25) is 4.79 Å². The number of carboxylic acid groups (broad SMARTS) is 1. The fourth-order valence-electron chi connectivity index (χ4n) is 3.31. The van der Waals surface area contributed by atoms with Crippen LogP contribution in [0.3, 0.4) is 0 Å². The molecule has 0 heterocycles. The van der Waals surface area contributed by atoms with Gasteiger partial charge in [-0.25, -0.2) is 0 Å². The van der Waals surface area contributed by atoms with Crippen molar-refractivity contribution < 1.29 is 9.90 Å². The zero-order valence-corrected chi connectivity index (χ0v) is 8.25. The van der Waals surface area contributed by atoms with Gasteiger partial charge in [0.25, 0.3) is 0 Å². The highest BCUT2D eigenvalue weighted by molar-refractivity contribution is 5.74. The summed E-state index contributed by atoms with van der Waals surface area (Å²) in [5.74, 6) is 0.825. The molecule has 2 unspecified atom stereocenters. The monoisotopic (exact) mass is 182 g/mol. The minimum absolute atomic E-state index is 0.409. The Morgan fingerprint density at radius 2 is 1.85 bits per heavy atom. The Morgan fingerprint density at radius 1 is 1.31 bits per heavy atom. The molecule has 2 heteroatoms. The Bertz CT molecular complexity index is 210. The number of aliphatic carboxylic acids is 1. The van der Waals surface area contributed by atoms with Crippen molar-refractivity contribution in [1.29, 1.82) is 0 Å². The Balaban J connectivity index is 2.13. The minimum atomic E-state index is -0.580. The van der Waals surface area contributed by atoms with E-state index in [2.05, 4.69) is 0 Å². The van der Waals surface area contributed by atoms with Crippen molar-refractivity contribution in [2.45, 2.75) is 45.4 Å². The van der Waals surface area contributed by atoms with E-state index < -0.39 is 11.4 Å². The molecule has 2 nitrogen and oxygen atoms in total. The van der Waals surface area contributed by atoms with Crippen LogP contribution in [0.4, 0.5) is 0 Å². The van der Waals surface area contributed by atoms with Crippen LogP contribution in [-0.2, 0) is 4.79 Å². The van der Waals surface area contributed by atoms with Crippen molar-refractivity contribution in [2.24, 2.45) is 17.3 Å². The van der Waals surface area contributed by atoms with Crippen LogP contribution in [0, 0.1) is 17.3 Å². The molecule has 0 aliphatic heterocycles. The summed E-state index contributed by atoms with van der Waals surface area (Å²) < 4.78 is 0. The largest absolute Gasteiger partial charge is 0.481 e. The molecule has 0 aromatic rings. The maximum absolute atomic E-state index is 11.1. The minimum Gasteiger partial charge on any atom is -0.481 e. The molecular formula is C11H18O2. The van der Waals surface area contributed by atoms with Gasteiger partial charge in [0, 0.05) is 0 Å². The fraction of sp³-hybridized carbons (Fsp3) is 0.909. The molecule has 2 aliphatic carbocycles. The third kappa shape index (κ3) is 1.59. The Hall–Kier alpha value is -0.530. The summed E-state index contributed by atoms with van der Waals surface area (Å²) in [6.45, 7) is 1.93. The fourth-order valence-corrected chi connectivity index (χ4v) is 3.31. The van der Waals surface area contributed by atoms with Crippen molar-refractivity contribution in [3.63, 3.8) is 0 Å². The predicted octanol–water partition coefficient (Wildman–Crippen LogP) is 2.68. The first-order valence-electron chi connectivity index (χ1n) is 5.33. The van der Waals surface area contributed by atoms with Gasteiger partial charge < -0.3 is 5.11 Å². The van der Waals surface area contributed by atoms with Gasteiger partial charge in [0.05, 0.1) is 5.41 Å². The van der Waals surface area contributed by atoms with Crippen molar-refractivity contribution >= 4 is 5.97 Å². The summed E-state index contributed by atoms with van der Waals surface area (Å²) in [5, 5.41) is 9.15. The molecule has 1 N–H and O–H groups in total. The zero-order valence-electron chi connectivity index (χ0n) is 8.25. The molecule has 2 aliphatic rings. The lowest BCUT2D eigenvalue weighted by Crippen LogP contribution is -2.39. The maximum atomic E-state index is 11.1. The molecule has 2 bridgehead atoms. The van der Waals surface area contributed by atoms with Crippen molar-refractivity contribution in [1.82, 2.24) is 0 Å². The average molecular weight is 182 g/mol. The molecule has 2 atom stereocenters. The van der Waals surface area contributed by atoms with E-state index in [9.17, 15) is 4.79 Å². The SMILES string of the molecule is CC1(C(=O)O)CC2CCCC(C2)C1. The van der Waals surface area contributed by atoms with E-state index in [0.29, 0.717) is 11.8 Å². The molecule has 0 aromatic carbocycles. The second kappa shape index (κ2) is 3.00. The van der Waals surface area contributed by atoms with Crippen LogP contribution >= 0.6 is 0 Å². The van der Waals surface area contributed by atoms with Crippen molar-refractivity contribution in [3.05, 3.63) is 0 Å².